The second kappa shape index (κ2) is 43.3. The summed E-state index contributed by atoms with van der Waals surface area (Å²) in [5, 5.41) is 12.9. The molecular weight excluding hydrogens is 1680 g/mol. The molecule has 25 nitrogen and oxygen atoms in total. The molecular formula is C97H125ClF6N16O9. The van der Waals surface area contributed by atoms with Gasteiger partial charge in [-0.25, -0.2) is 9.59 Å². The predicted octanol–water partition coefficient (Wildman–Crippen LogP) is 17.3. The molecule has 11 aromatic rings. The van der Waals surface area contributed by atoms with Crippen molar-refractivity contribution in [1.29, 1.82) is 0 Å². The summed E-state index contributed by atoms with van der Waals surface area (Å²) in [6.07, 6.45) is 2.90. The summed E-state index contributed by atoms with van der Waals surface area (Å²) < 4.78 is 100. The van der Waals surface area contributed by atoms with E-state index in [0.717, 1.165) is 134 Å². The maximum atomic E-state index is 13.9. The minimum atomic E-state index is -4.24. The van der Waals surface area contributed by atoms with Gasteiger partial charge in [-0.1, -0.05) is 48.5 Å². The van der Waals surface area contributed by atoms with Crippen molar-refractivity contribution >= 4 is 46.8 Å². The number of H-pyrrole nitrogens is 2. The van der Waals surface area contributed by atoms with Gasteiger partial charge < -0.3 is 58.4 Å². The number of fused-ring (bicyclic) bond motifs is 3. The van der Waals surface area contributed by atoms with E-state index in [9.17, 15) is 55.4 Å². The molecule has 0 aliphatic carbocycles. The number of esters is 1. The molecule has 14 heterocycles. The van der Waals surface area contributed by atoms with Gasteiger partial charge in [-0.05, 0) is 212 Å². The SMILES string of the molecule is CCN1CCN(C(C)c2c(C)c(C(=O)OC(C)C)cc3c(-c4ccnc(C(C)C)c4)ccn23)CC1.COc1cc(C)[nH]c(=O)c1CN.COc1cc(C)[nH]c(=O)c1CNC(=O)c1cc2c(-c3ccnc(C(C)C)c3)ccn2c(C(C)N2CCN(CC(F)(F)F)CC2)c1C.Cc1c(C(=O)O)cc2c(-c3ccnc(C(C)C)c3)ccn2c1C(C)N1CCN(CC(F)(F)F)CC1.Cl. The van der Waals surface area contributed by atoms with E-state index in [-0.39, 0.29) is 90.1 Å². The zero-order valence-corrected chi connectivity index (χ0v) is 78.3. The number of likely N-dealkylation sites (N-methyl/N-ethyl adjacent to an activating group) is 1. The summed E-state index contributed by atoms with van der Waals surface area (Å²) in [5.74, 6) is 0.166. The molecule has 6 N–H and O–H groups in total. The van der Waals surface area contributed by atoms with Crippen molar-refractivity contribution in [2.45, 2.75) is 185 Å². The first kappa shape index (κ1) is 100. The molecule has 696 valence electrons. The average Bonchev–Trinajstić information content (AvgIpc) is 1.65. The summed E-state index contributed by atoms with van der Waals surface area (Å²) in [4.78, 5) is 94.3. The molecule has 0 spiro atoms. The van der Waals surface area contributed by atoms with Gasteiger partial charge in [0.1, 0.15) is 11.5 Å². The lowest BCUT2D eigenvalue weighted by Crippen LogP contribution is -2.49. The smallest absolute Gasteiger partial charge is 0.401 e. The maximum absolute atomic E-state index is 13.9. The standard InChI is InChI=1S/C34H41F3N6O3.C29H40N4O2.C26H31F3N4O2.C8H12N2O2.ClH/c1-20(2)28-16-24(7-9-38-28)25-8-10-43-29(25)17-26(32(44)39-18-27-30(46-6)15-21(3)40-33(27)45)22(4)31(43)23(5)42-13-11-41(12-14-42)19-34(35,36)37;1-8-31-13-15-32(16-14-31)22(7)28-21(6)25(29(34)35-20(4)5)18-27-24(10-12-33(27)28)23-9-11-30-26(17-23)19(2)3;1-16(2)22-13-19(5-7-30-22)20-6-8-33-23(20)14-21(25(34)35)17(3)24(33)18(4)32-11-9-31(10-12-32)15-26(27,28)29;1-5-3-7(12-2)6(4-9)8(11)10-5;/h7-10,15-17,20,23H,11-14,18-19H2,1-6H3,(H,39,44)(H,40,45);9-12,17-20,22H,8,13-16H2,1-7H3;5-8,13-14,16,18H,9-12,15H2,1-4H3,(H,34,35);3H,4,9H2,1-2H3,(H,10,11);1H. The number of carboxylic acid groups (broad SMARTS) is 1. The predicted molar refractivity (Wildman–Crippen MR) is 496 cm³/mol. The van der Waals surface area contributed by atoms with Crippen molar-refractivity contribution in [2.75, 3.05) is 112 Å². The van der Waals surface area contributed by atoms with Crippen molar-refractivity contribution in [3.8, 4) is 44.9 Å². The molecule has 3 saturated heterocycles. The third-order valence-electron chi connectivity index (χ3n) is 24.7. The third-order valence-corrected chi connectivity index (χ3v) is 24.7. The van der Waals surface area contributed by atoms with E-state index in [0.29, 0.717) is 103 Å². The van der Waals surface area contributed by atoms with Gasteiger partial charge in [0.05, 0.1) is 78.8 Å². The highest BCUT2D eigenvalue weighted by Crippen LogP contribution is 2.40. The fourth-order valence-electron chi connectivity index (χ4n) is 17.6. The Labute approximate surface area is 756 Å². The van der Waals surface area contributed by atoms with E-state index in [4.69, 9.17) is 19.9 Å². The first-order chi connectivity index (χ1) is 60.6. The molecule has 0 aromatic carbocycles. The van der Waals surface area contributed by atoms with E-state index in [2.05, 4.69) is 151 Å². The van der Waals surface area contributed by atoms with Crippen LogP contribution in [0.3, 0.4) is 0 Å². The Kier molecular flexibility index (Phi) is 33.7. The number of rotatable bonds is 24. The minimum absolute atomic E-state index is 0. The normalized spacial score (nSPS) is 15.4. The molecule has 3 fully saturated rings. The van der Waals surface area contributed by atoms with E-state index in [1.165, 1.54) is 24.0 Å². The minimum Gasteiger partial charge on any atom is -0.496 e. The molecule has 1 amide bonds. The molecule has 0 radical (unpaired) electrons. The lowest BCUT2D eigenvalue weighted by atomic mass is 9.98. The Morgan fingerprint density at radius 1 is 0.481 bits per heavy atom. The molecule has 3 unspecified atom stereocenters. The first-order valence-electron chi connectivity index (χ1n) is 43.9. The van der Waals surface area contributed by atoms with Crippen molar-refractivity contribution < 1.29 is 60.0 Å². The van der Waals surface area contributed by atoms with Crippen LogP contribution in [-0.4, -0.2) is 221 Å². The Bertz CT molecular complexity index is 5870. The molecule has 0 bridgehead atoms. The Balaban J connectivity index is 0.000000190. The Morgan fingerprint density at radius 2 is 0.814 bits per heavy atom. The lowest BCUT2D eigenvalue weighted by molar-refractivity contribution is -0.150. The fraction of sp³-hybridized carbons (Fsp3) is 0.464. The van der Waals surface area contributed by atoms with Crippen molar-refractivity contribution in [3.63, 3.8) is 0 Å². The molecule has 3 aliphatic heterocycles. The number of pyridine rings is 8. The number of aryl methyl sites for hydroxylation is 2. The van der Waals surface area contributed by atoms with Crippen LogP contribution in [0.5, 0.6) is 11.5 Å². The lowest BCUT2D eigenvalue weighted by Gasteiger charge is -2.39. The van der Waals surface area contributed by atoms with Crippen LogP contribution in [0.1, 0.15) is 223 Å². The van der Waals surface area contributed by atoms with Gasteiger partial charge in [0.15, 0.2) is 0 Å². The number of nitrogens with two attached hydrogens (primary N) is 1. The Hall–Kier alpha value is -10.8. The van der Waals surface area contributed by atoms with Crippen LogP contribution in [0.4, 0.5) is 26.3 Å². The molecule has 11 aromatic heterocycles. The van der Waals surface area contributed by atoms with Crippen LogP contribution in [-0.2, 0) is 17.8 Å². The molecule has 3 atom stereocenters. The third kappa shape index (κ3) is 23.9. The number of carbonyl (C=O) groups excluding carboxylic acids is 2. The van der Waals surface area contributed by atoms with Crippen LogP contribution in [0.25, 0.3) is 49.9 Å². The number of aromatic carboxylic acids is 1. The quantitative estimate of drug-likeness (QED) is 0.0278. The second-order valence-corrected chi connectivity index (χ2v) is 34.7. The summed E-state index contributed by atoms with van der Waals surface area (Å²) in [6.45, 7) is 41.0. The van der Waals surface area contributed by atoms with Gasteiger partial charge >= 0.3 is 24.3 Å². The van der Waals surface area contributed by atoms with Crippen LogP contribution in [0, 0.1) is 34.6 Å². The zero-order valence-electron chi connectivity index (χ0n) is 77.4. The first-order valence-corrected chi connectivity index (χ1v) is 43.9. The molecule has 0 saturated carbocycles. The number of aromatic nitrogens is 8. The van der Waals surface area contributed by atoms with Crippen LogP contribution < -0.4 is 31.6 Å². The number of carboxylic acids is 1. The van der Waals surface area contributed by atoms with E-state index in [1.807, 2.05) is 100 Å². The zero-order chi connectivity index (χ0) is 93.2. The number of ether oxygens (including phenoxy) is 3. The molecule has 32 heteroatoms. The number of nitrogens with zero attached hydrogens (tertiary/aromatic N) is 12. The van der Waals surface area contributed by atoms with E-state index < -0.39 is 31.4 Å². The average molecular weight is 1810 g/mol. The number of amides is 1. The number of halogens is 7. The van der Waals surface area contributed by atoms with Crippen LogP contribution in [0.15, 0.2) is 132 Å². The number of methoxy groups -OCH3 is 2. The highest BCUT2D eigenvalue weighted by molar-refractivity contribution is 5.99. The summed E-state index contributed by atoms with van der Waals surface area (Å²) in [5.41, 5.74) is 25.3. The highest BCUT2D eigenvalue weighted by Gasteiger charge is 2.37. The number of hydrogen-bond donors (Lipinski definition) is 5. The van der Waals surface area contributed by atoms with Gasteiger partial charge in [0.2, 0.25) is 0 Å². The number of aromatic amines is 2. The summed E-state index contributed by atoms with van der Waals surface area (Å²) in [7, 11) is 3.00. The number of alkyl halides is 6. The highest BCUT2D eigenvalue weighted by atomic mass is 35.5. The Morgan fingerprint density at radius 3 is 1.15 bits per heavy atom. The van der Waals surface area contributed by atoms with Crippen LogP contribution >= 0.6 is 12.4 Å². The topological polar surface area (TPSA) is 274 Å². The molecule has 129 heavy (non-hydrogen) atoms. The second-order valence-electron chi connectivity index (χ2n) is 34.7. The summed E-state index contributed by atoms with van der Waals surface area (Å²) in [6, 6.07) is 27.2. The number of nitrogens with one attached hydrogen (secondary N) is 3. The number of piperazine rings is 3. The number of carbonyl (C=O) groups is 3. The van der Waals surface area contributed by atoms with Gasteiger partial charge in [0, 0.05) is 208 Å². The fourth-order valence-corrected chi connectivity index (χ4v) is 17.6. The van der Waals surface area contributed by atoms with Gasteiger partial charge in [0.25, 0.3) is 17.0 Å². The van der Waals surface area contributed by atoms with Crippen molar-refractivity contribution in [3.05, 3.63) is 233 Å². The summed E-state index contributed by atoms with van der Waals surface area (Å²) >= 11 is 0. The number of hydrogen-bond acceptors (Lipinski definition) is 18. The van der Waals surface area contributed by atoms with E-state index in [1.54, 1.807) is 51.4 Å². The van der Waals surface area contributed by atoms with Gasteiger partial charge in [-0.15, -0.1) is 12.4 Å². The van der Waals surface area contributed by atoms with Gasteiger partial charge in [-0.3, -0.25) is 53.8 Å². The van der Waals surface area contributed by atoms with E-state index >= 15 is 0 Å². The van der Waals surface area contributed by atoms with Crippen molar-refractivity contribution in [1.82, 2.24) is 72.8 Å². The van der Waals surface area contributed by atoms with Gasteiger partial charge in [-0.2, -0.15) is 26.3 Å². The monoisotopic (exact) mass is 1810 g/mol. The molecule has 3 aliphatic rings. The van der Waals surface area contributed by atoms with Crippen LogP contribution in [0.2, 0.25) is 0 Å². The molecule has 14 rings (SSSR count). The maximum Gasteiger partial charge on any atom is 0.401 e. The largest absolute Gasteiger partial charge is 0.496 e. The van der Waals surface area contributed by atoms with Crippen molar-refractivity contribution in [2.24, 2.45) is 5.73 Å².